The third-order valence-electron chi connectivity index (χ3n) is 4.93. The Hall–Kier alpha value is -3.42. The van der Waals surface area contributed by atoms with Crippen molar-refractivity contribution in [2.75, 3.05) is 18.0 Å². The molecule has 1 aromatic heterocycles. The number of benzene rings is 2. The van der Waals surface area contributed by atoms with Crippen molar-refractivity contribution in [2.45, 2.75) is 26.3 Å². The maximum absolute atomic E-state index is 12.4. The highest BCUT2D eigenvalue weighted by Gasteiger charge is 2.19. The number of nitrogens with one attached hydrogen (secondary N) is 2. The minimum atomic E-state index is -0.389. The van der Waals surface area contributed by atoms with Crippen LogP contribution in [0.1, 0.15) is 29.3 Å². The van der Waals surface area contributed by atoms with E-state index in [4.69, 9.17) is 0 Å². The first-order valence-corrected chi connectivity index (χ1v) is 9.41. The molecule has 0 atom stereocenters. The van der Waals surface area contributed by atoms with E-state index >= 15 is 0 Å². The highest BCUT2D eigenvalue weighted by molar-refractivity contribution is 5.98. The number of aryl methyl sites for hydroxylation is 2. The molecule has 4 rings (SSSR count). The summed E-state index contributed by atoms with van der Waals surface area (Å²) in [6.45, 7) is 3.70. The summed E-state index contributed by atoms with van der Waals surface area (Å²) >= 11 is 0. The highest BCUT2D eigenvalue weighted by Crippen LogP contribution is 2.26. The van der Waals surface area contributed by atoms with Crippen molar-refractivity contribution >= 4 is 28.5 Å². The molecule has 0 unspecified atom stereocenters. The van der Waals surface area contributed by atoms with E-state index < -0.39 is 0 Å². The van der Waals surface area contributed by atoms with Crippen molar-refractivity contribution in [1.29, 1.82) is 0 Å². The van der Waals surface area contributed by atoms with E-state index in [1.165, 1.54) is 5.56 Å². The Kier molecular flexibility index (Phi) is 4.92. The molecular weight excluding hydrogens is 356 g/mol. The van der Waals surface area contributed by atoms with E-state index in [1.807, 2.05) is 30.0 Å². The summed E-state index contributed by atoms with van der Waals surface area (Å²) in [7, 11) is 0. The molecule has 2 N–H and O–H groups in total. The molecule has 0 saturated carbocycles. The van der Waals surface area contributed by atoms with Gasteiger partial charge in [0.2, 0.25) is 0 Å². The number of hydrogen-bond acceptors (Lipinski definition) is 5. The van der Waals surface area contributed by atoms with Crippen molar-refractivity contribution in [2.24, 2.45) is 0 Å². The van der Waals surface area contributed by atoms with Crippen LogP contribution in [0.15, 0.2) is 42.5 Å². The summed E-state index contributed by atoms with van der Waals surface area (Å²) in [5.74, 6) is -0.650. The summed E-state index contributed by atoms with van der Waals surface area (Å²) in [5.41, 5.74) is 9.24. The van der Waals surface area contributed by atoms with Crippen LogP contribution in [-0.4, -0.2) is 39.9 Å². The number of carbonyl (C=O) groups is 2. The van der Waals surface area contributed by atoms with Gasteiger partial charge in [-0.1, -0.05) is 23.4 Å². The molecule has 0 aliphatic carbocycles. The molecule has 1 aliphatic heterocycles. The van der Waals surface area contributed by atoms with E-state index in [0.717, 1.165) is 30.6 Å². The summed E-state index contributed by atoms with van der Waals surface area (Å²) in [6.07, 6.45) is 2.03. The van der Waals surface area contributed by atoms with Crippen LogP contribution in [0.5, 0.6) is 0 Å². The molecule has 0 radical (unpaired) electrons. The molecule has 144 valence electrons. The molecule has 2 amide bonds. The monoisotopic (exact) mass is 378 g/mol. The van der Waals surface area contributed by atoms with Gasteiger partial charge >= 0.3 is 0 Å². The zero-order valence-electron chi connectivity index (χ0n) is 15.7. The van der Waals surface area contributed by atoms with Crippen molar-refractivity contribution in [1.82, 2.24) is 25.8 Å². The first kappa shape index (κ1) is 18.0. The van der Waals surface area contributed by atoms with Gasteiger partial charge in [0.15, 0.2) is 0 Å². The zero-order chi connectivity index (χ0) is 19.5. The number of hydrazine groups is 1. The normalized spacial score (nSPS) is 13.2. The van der Waals surface area contributed by atoms with Gasteiger partial charge in [0.05, 0.1) is 12.1 Å². The Morgan fingerprint density at radius 2 is 2.00 bits per heavy atom. The Bertz CT molecular complexity index is 1030. The summed E-state index contributed by atoms with van der Waals surface area (Å²) in [5, 5.41) is 8.10. The molecule has 8 heteroatoms. The lowest BCUT2D eigenvalue weighted by Crippen LogP contribution is -2.47. The summed E-state index contributed by atoms with van der Waals surface area (Å²) in [6, 6.07) is 13.3. The first-order valence-electron chi connectivity index (χ1n) is 9.41. The van der Waals surface area contributed by atoms with Gasteiger partial charge in [0.1, 0.15) is 5.52 Å². The molecule has 0 fully saturated rings. The van der Waals surface area contributed by atoms with Gasteiger partial charge in [-0.2, -0.15) is 0 Å². The second-order valence-corrected chi connectivity index (χ2v) is 6.76. The van der Waals surface area contributed by atoms with Crippen LogP contribution in [0.25, 0.3) is 11.0 Å². The van der Waals surface area contributed by atoms with E-state index in [0.29, 0.717) is 17.6 Å². The smallest absolute Gasteiger partial charge is 0.269 e. The van der Waals surface area contributed by atoms with Crippen LogP contribution in [0, 0.1) is 0 Å². The van der Waals surface area contributed by atoms with Gasteiger partial charge in [-0.25, -0.2) is 4.68 Å². The maximum Gasteiger partial charge on any atom is 0.269 e. The summed E-state index contributed by atoms with van der Waals surface area (Å²) < 4.78 is 1.76. The fraction of sp³-hybridized carbons (Fsp3) is 0.300. The third kappa shape index (κ3) is 3.53. The van der Waals surface area contributed by atoms with E-state index in [9.17, 15) is 9.59 Å². The number of anilines is 1. The minimum Gasteiger partial charge on any atom is -0.362 e. The predicted octanol–water partition coefficient (Wildman–Crippen LogP) is 1.67. The molecule has 1 aliphatic rings. The minimum absolute atomic E-state index is 0.196. The van der Waals surface area contributed by atoms with E-state index in [2.05, 4.69) is 27.2 Å². The molecule has 0 saturated heterocycles. The summed E-state index contributed by atoms with van der Waals surface area (Å²) in [4.78, 5) is 26.7. The van der Waals surface area contributed by atoms with Crippen molar-refractivity contribution < 1.29 is 9.59 Å². The largest absolute Gasteiger partial charge is 0.362 e. The number of para-hydroxylation sites is 1. The lowest BCUT2D eigenvalue weighted by atomic mass is 10.0. The number of nitrogens with zero attached hydrogens (tertiary/aromatic N) is 4. The quantitative estimate of drug-likeness (QED) is 0.674. The number of aromatic nitrogens is 3. The van der Waals surface area contributed by atoms with Gasteiger partial charge in [0.25, 0.3) is 11.8 Å². The molecule has 2 aromatic carbocycles. The van der Waals surface area contributed by atoms with E-state index in [1.54, 1.807) is 22.9 Å². The van der Waals surface area contributed by atoms with E-state index in [-0.39, 0.29) is 18.4 Å². The maximum atomic E-state index is 12.4. The van der Waals surface area contributed by atoms with Crippen LogP contribution in [-0.2, 0) is 17.8 Å². The average molecular weight is 378 g/mol. The molecule has 2 heterocycles. The van der Waals surface area contributed by atoms with Crippen LogP contribution < -0.4 is 15.8 Å². The second kappa shape index (κ2) is 7.67. The van der Waals surface area contributed by atoms with Gasteiger partial charge in [-0.3, -0.25) is 20.4 Å². The Morgan fingerprint density at radius 1 is 1.14 bits per heavy atom. The fourth-order valence-corrected chi connectivity index (χ4v) is 3.53. The lowest BCUT2D eigenvalue weighted by Gasteiger charge is -2.30. The lowest BCUT2D eigenvalue weighted by molar-refractivity contribution is -0.120. The van der Waals surface area contributed by atoms with Crippen LogP contribution >= 0.6 is 0 Å². The fourth-order valence-electron chi connectivity index (χ4n) is 3.53. The topological polar surface area (TPSA) is 92.1 Å². The Labute approximate surface area is 162 Å². The second-order valence-electron chi connectivity index (χ2n) is 6.76. The van der Waals surface area contributed by atoms with Crippen LogP contribution in [0.2, 0.25) is 0 Å². The Morgan fingerprint density at radius 3 is 2.86 bits per heavy atom. The third-order valence-corrected chi connectivity index (χ3v) is 4.93. The van der Waals surface area contributed by atoms with Gasteiger partial charge < -0.3 is 4.90 Å². The molecular formula is C20H22N6O2. The number of hydrogen-bond donors (Lipinski definition) is 2. The standard InChI is InChI=1S/C20H22N6O2/c1-2-26-18-10-9-15(12-16(18)21-24-26)20(28)23-22-19(27)13-25-11-5-7-14-6-3-4-8-17(14)25/h3-4,6,8-10,12H,2,5,7,11,13H2,1H3,(H,22,27)(H,23,28). The van der Waals surface area contributed by atoms with Gasteiger partial charge in [-0.15, -0.1) is 5.10 Å². The average Bonchev–Trinajstić information content (AvgIpc) is 3.14. The molecule has 0 bridgehead atoms. The number of rotatable bonds is 4. The predicted molar refractivity (Wildman–Crippen MR) is 106 cm³/mol. The zero-order valence-corrected chi connectivity index (χ0v) is 15.7. The first-order chi connectivity index (χ1) is 13.7. The van der Waals surface area contributed by atoms with Crippen molar-refractivity contribution in [3.05, 3.63) is 53.6 Å². The molecule has 28 heavy (non-hydrogen) atoms. The van der Waals surface area contributed by atoms with Crippen LogP contribution in [0.3, 0.4) is 0 Å². The van der Waals surface area contributed by atoms with Gasteiger partial charge in [-0.05, 0) is 49.6 Å². The Balaban J connectivity index is 1.37. The van der Waals surface area contributed by atoms with Crippen molar-refractivity contribution in [3.63, 3.8) is 0 Å². The SMILES string of the molecule is CCn1nnc2cc(C(=O)NNC(=O)CN3CCCc4ccccc43)ccc21. The number of carbonyl (C=O) groups excluding carboxylic acids is 2. The number of amides is 2. The number of fused-ring (bicyclic) bond motifs is 2. The van der Waals surface area contributed by atoms with Gasteiger partial charge in [0, 0.05) is 24.3 Å². The molecule has 3 aromatic rings. The van der Waals surface area contributed by atoms with Crippen LogP contribution in [0.4, 0.5) is 5.69 Å². The molecule has 0 spiro atoms. The van der Waals surface area contributed by atoms with Crippen molar-refractivity contribution in [3.8, 4) is 0 Å². The highest BCUT2D eigenvalue weighted by atomic mass is 16.2. The molecule has 8 nitrogen and oxygen atoms in total.